The van der Waals surface area contributed by atoms with Crippen LogP contribution in [0, 0.1) is 0 Å². The van der Waals surface area contributed by atoms with Gasteiger partial charge in [-0.3, -0.25) is 19.2 Å². The number of aromatic nitrogens is 18. The van der Waals surface area contributed by atoms with E-state index in [4.69, 9.17) is 61.1 Å². The van der Waals surface area contributed by atoms with E-state index in [9.17, 15) is 19.2 Å². The van der Waals surface area contributed by atoms with E-state index in [1.807, 2.05) is 95.0 Å². The van der Waals surface area contributed by atoms with Crippen molar-refractivity contribution in [1.29, 1.82) is 0 Å². The van der Waals surface area contributed by atoms with Gasteiger partial charge in [-0.05, 0) is 164 Å². The fourth-order valence-corrected chi connectivity index (χ4v) is 17.8. The van der Waals surface area contributed by atoms with Gasteiger partial charge in [-0.2, -0.15) is 40.3 Å². The molecule has 38 heteroatoms. The van der Waals surface area contributed by atoms with Gasteiger partial charge in [0.25, 0.3) is 23.6 Å². The van der Waals surface area contributed by atoms with Gasteiger partial charge in [-0.25, -0.2) is 48.0 Å². The molecule has 16 aromatic rings. The van der Waals surface area contributed by atoms with Crippen LogP contribution in [0.3, 0.4) is 0 Å². The maximum Gasteiger partial charge on any atom is 0.319 e. The molecule has 0 saturated carbocycles. The maximum atomic E-state index is 13.3. The molecule has 4 atom stereocenters. The Labute approximate surface area is 783 Å². The average Bonchev–Trinajstić information content (AvgIpc) is 1.36. The molecule has 4 unspecified atom stereocenters. The van der Waals surface area contributed by atoms with Gasteiger partial charge < -0.3 is 57.5 Å². The molecule has 16 heterocycles. The van der Waals surface area contributed by atoms with E-state index in [0.717, 1.165) is 101 Å². The van der Waals surface area contributed by atoms with Crippen LogP contribution in [0.25, 0.3) is 67.1 Å². The quantitative estimate of drug-likeness (QED) is 0.0867. The van der Waals surface area contributed by atoms with Crippen molar-refractivity contribution in [2.24, 2.45) is 0 Å². The summed E-state index contributed by atoms with van der Waals surface area (Å²) < 4.78 is 50.3. The first-order chi connectivity index (χ1) is 63.9. The lowest BCUT2D eigenvalue weighted by atomic mass is 9.90. The molecule has 0 bridgehead atoms. The molecule has 0 radical (unpaired) electrons. The fraction of sp³-hybridized carbons (Fsp3) is 0.255. The Kier molecular flexibility index (Phi) is 26.0. The van der Waals surface area contributed by atoms with Crippen molar-refractivity contribution in [3.8, 4) is 91.8 Å². The van der Waals surface area contributed by atoms with E-state index in [-0.39, 0.29) is 59.8 Å². The number of hydrogen-bond acceptors (Lipinski definition) is 26. The zero-order valence-electron chi connectivity index (χ0n) is 73.5. The van der Waals surface area contributed by atoms with Crippen LogP contribution >= 0.6 is 55.1 Å². The van der Waals surface area contributed by atoms with Crippen LogP contribution in [0.4, 0.5) is 0 Å². The molecule has 0 spiro atoms. The molecule has 34 nitrogen and oxygen atoms in total. The molecule has 132 heavy (non-hydrogen) atoms. The number of carbonyl (C=O) groups is 4. The third-order valence-corrected chi connectivity index (χ3v) is 24.9. The number of carbonyl (C=O) groups excluding carboxylic acids is 4. The lowest BCUT2D eigenvalue weighted by molar-refractivity contribution is 0.0663. The SMILES string of the molecule is COc1ccc(-c2ccc3c(c2)CCN(C(=O)c2cc4ncc(Br)cn4n2)C3C)c(OC)n1.COc1ccc(-c2ccc3c(c2)CCN(C(=O)c2cc4ncc(Cl)cn4n2)C3C)c(OC)n1.COc1ncc(-c2ccc3c(c2)CCN(C(=O)c2cc4ncc(Br)cn4n2)C3C)c(OC)n1.COc1ncc(-c2ccc3c(c2)CCN(C(=O)c2cc4ncc(Cl)cn4n2)C3C)c(OC)n1. The molecular formula is C94H86Br2Cl2N22O12. The number of amides is 4. The highest BCUT2D eigenvalue weighted by Crippen LogP contribution is 2.43. The van der Waals surface area contributed by atoms with Gasteiger partial charge >= 0.3 is 12.0 Å². The first kappa shape index (κ1) is 89.6. The second-order valence-electron chi connectivity index (χ2n) is 31.2. The highest BCUT2D eigenvalue weighted by molar-refractivity contribution is 9.10. The molecular weight excluding hydrogens is 1860 g/mol. The molecule has 0 N–H and O–H groups in total. The third kappa shape index (κ3) is 18.1. The molecule has 12 aromatic heterocycles. The molecule has 20 rings (SSSR count). The minimum atomic E-state index is -0.135. The van der Waals surface area contributed by atoms with E-state index in [1.54, 1.807) is 126 Å². The molecule has 672 valence electrons. The first-order valence-electron chi connectivity index (χ1n) is 41.8. The summed E-state index contributed by atoms with van der Waals surface area (Å²) in [7, 11) is 12.5. The van der Waals surface area contributed by atoms with Gasteiger partial charge in [0.15, 0.2) is 45.4 Å². The third-order valence-electron chi connectivity index (χ3n) is 23.7. The van der Waals surface area contributed by atoms with Gasteiger partial charge in [0.05, 0.1) is 124 Å². The molecule has 4 aliphatic rings. The molecule has 0 fully saturated rings. The number of ether oxygens (including phenoxy) is 8. The summed E-state index contributed by atoms with van der Waals surface area (Å²) in [6, 6.07) is 39.4. The van der Waals surface area contributed by atoms with E-state index < -0.39 is 0 Å². The van der Waals surface area contributed by atoms with Gasteiger partial charge in [0.2, 0.25) is 35.3 Å². The smallest absolute Gasteiger partial charge is 0.319 e. The summed E-state index contributed by atoms with van der Waals surface area (Å²) in [6.45, 7) is 10.5. The Morgan fingerprint density at radius 1 is 0.318 bits per heavy atom. The zero-order valence-corrected chi connectivity index (χ0v) is 78.2. The van der Waals surface area contributed by atoms with Gasteiger partial charge in [0.1, 0.15) is 0 Å². The lowest BCUT2D eigenvalue weighted by Gasteiger charge is -2.35. The molecule has 0 aliphatic carbocycles. The monoisotopic (exact) mass is 1940 g/mol. The summed E-state index contributed by atoms with van der Waals surface area (Å²) in [5.74, 6) is 2.47. The van der Waals surface area contributed by atoms with Gasteiger partial charge in [-0.1, -0.05) is 96.0 Å². The topological polar surface area (TPSA) is 353 Å². The minimum Gasteiger partial charge on any atom is -0.481 e. The van der Waals surface area contributed by atoms with Crippen molar-refractivity contribution in [2.75, 3.05) is 83.1 Å². The average molecular weight is 1950 g/mol. The number of rotatable bonds is 16. The number of halogens is 4. The minimum absolute atomic E-state index is 0.0734. The van der Waals surface area contributed by atoms with E-state index >= 15 is 0 Å². The molecule has 4 amide bonds. The van der Waals surface area contributed by atoms with Crippen molar-refractivity contribution in [3.05, 3.63) is 270 Å². The maximum absolute atomic E-state index is 13.3. The standard InChI is InChI=1S/C24H22BrN5O3.C24H22ClN5O3.C23H21BrN6O3.C23H21ClN6O3/c2*1-14-18-5-4-15(19-6-7-22(32-2)27-23(19)33-3)10-16(18)8-9-29(14)24(31)20-11-21-26-12-17(25)13-30(21)28-20;2*1-13-17-5-4-14(18-11-26-23(33-3)27-21(18)32-2)8-15(17)6-7-29(13)22(31)19-9-20-25-10-16(24)12-30(20)28-19/h2*4-7,10-14H,8-9H2,1-3H3;2*4-5,8-13H,6-7H2,1-3H3. The van der Waals surface area contributed by atoms with Crippen molar-refractivity contribution < 1.29 is 57.1 Å². The van der Waals surface area contributed by atoms with E-state index in [0.29, 0.717) is 117 Å². The van der Waals surface area contributed by atoms with E-state index in [1.165, 1.54) is 57.9 Å². The van der Waals surface area contributed by atoms with Crippen LogP contribution in [-0.4, -0.2) is 215 Å². The number of nitrogens with zero attached hydrogens (tertiary/aromatic N) is 22. The van der Waals surface area contributed by atoms with Crippen LogP contribution in [0.5, 0.6) is 47.3 Å². The lowest BCUT2D eigenvalue weighted by Crippen LogP contribution is -2.39. The zero-order chi connectivity index (χ0) is 92.4. The van der Waals surface area contributed by atoms with Crippen molar-refractivity contribution in [2.45, 2.75) is 77.5 Å². The van der Waals surface area contributed by atoms with E-state index in [2.05, 4.69) is 151 Å². The van der Waals surface area contributed by atoms with Gasteiger partial charge in [-0.15, -0.1) is 0 Å². The molecule has 4 aliphatic heterocycles. The number of pyridine rings is 2. The summed E-state index contributed by atoms with van der Waals surface area (Å²) in [5.41, 5.74) is 20.4. The number of methoxy groups -OCH3 is 8. The Bertz CT molecular complexity index is 6320. The highest BCUT2D eigenvalue weighted by Gasteiger charge is 2.36. The normalized spacial score (nSPS) is 15.4. The van der Waals surface area contributed by atoms with Crippen LogP contribution in [0.15, 0.2) is 192 Å². The van der Waals surface area contributed by atoms with Crippen LogP contribution in [0.1, 0.15) is 138 Å². The summed E-state index contributed by atoms with van der Waals surface area (Å²) in [4.78, 5) is 103. The first-order valence-corrected chi connectivity index (χ1v) is 44.2. The molecule has 0 saturated heterocycles. The van der Waals surface area contributed by atoms with Crippen LogP contribution in [-0.2, 0) is 25.7 Å². The van der Waals surface area contributed by atoms with Crippen LogP contribution in [0.2, 0.25) is 10.0 Å². The number of benzene rings is 4. The van der Waals surface area contributed by atoms with Gasteiger partial charge in [0, 0.05) is 123 Å². The largest absolute Gasteiger partial charge is 0.481 e. The fourth-order valence-electron chi connectivity index (χ4n) is 17.0. The predicted molar refractivity (Wildman–Crippen MR) is 497 cm³/mol. The predicted octanol–water partition coefficient (Wildman–Crippen LogP) is 15.9. The Balaban J connectivity index is 0.000000123. The van der Waals surface area contributed by atoms with Crippen molar-refractivity contribution in [3.63, 3.8) is 0 Å². The molecule has 4 aromatic carbocycles. The Morgan fingerprint density at radius 3 is 0.886 bits per heavy atom. The van der Waals surface area contributed by atoms with Crippen LogP contribution < -0.4 is 37.9 Å². The number of fused-ring (bicyclic) bond motifs is 8. The van der Waals surface area contributed by atoms with Crippen molar-refractivity contribution in [1.82, 2.24) is 108 Å². The highest BCUT2D eigenvalue weighted by atomic mass is 79.9. The Hall–Kier alpha value is -14.4. The van der Waals surface area contributed by atoms with Crippen molar-refractivity contribution >= 4 is 101 Å². The summed E-state index contributed by atoms with van der Waals surface area (Å²) >= 11 is 18.7. The summed E-state index contributed by atoms with van der Waals surface area (Å²) in [6.07, 6.45) is 19.6. The number of hydrogen-bond donors (Lipinski definition) is 0. The second-order valence-corrected chi connectivity index (χ2v) is 33.9. The second kappa shape index (κ2) is 38.4. The Morgan fingerprint density at radius 2 is 0.598 bits per heavy atom. The summed E-state index contributed by atoms with van der Waals surface area (Å²) in [5, 5.41) is 18.5.